The maximum atomic E-state index is 13.5. The van der Waals surface area contributed by atoms with Crippen LogP contribution in [0.5, 0.6) is 11.5 Å². The highest BCUT2D eigenvalue weighted by Gasteiger charge is 2.35. The van der Waals surface area contributed by atoms with Gasteiger partial charge in [-0.05, 0) is 98.1 Å². The molecule has 38 heavy (non-hydrogen) atoms. The van der Waals surface area contributed by atoms with Gasteiger partial charge in [-0.3, -0.25) is 9.80 Å². The summed E-state index contributed by atoms with van der Waals surface area (Å²) in [6.45, 7) is 4.43. The van der Waals surface area contributed by atoms with E-state index in [1.54, 1.807) is 29.2 Å². The molecule has 1 N–H and O–H groups in total. The molecular formula is C30H29Cl2N3O3. The molecule has 3 aromatic carbocycles. The first-order valence-corrected chi connectivity index (χ1v) is 13.8. The van der Waals surface area contributed by atoms with Crippen LogP contribution in [-0.2, 0) is 6.42 Å². The molecule has 1 unspecified atom stereocenters. The van der Waals surface area contributed by atoms with Gasteiger partial charge in [0.25, 0.3) is 0 Å². The molecule has 1 amide bonds. The molecule has 0 bridgehead atoms. The molecule has 0 spiro atoms. The van der Waals surface area contributed by atoms with Crippen molar-refractivity contribution in [3.8, 4) is 11.5 Å². The van der Waals surface area contributed by atoms with E-state index in [1.807, 2.05) is 42.5 Å². The molecule has 3 heterocycles. The zero-order valence-corrected chi connectivity index (χ0v) is 22.5. The highest BCUT2D eigenvalue weighted by molar-refractivity contribution is 6.31. The number of halogens is 2. The molecule has 1 saturated heterocycles. The molecule has 0 aliphatic carbocycles. The molecule has 0 radical (unpaired) electrons. The topological polar surface area (TPSA) is 57.8 Å². The van der Waals surface area contributed by atoms with E-state index in [1.165, 1.54) is 18.4 Å². The standard InChI is InChI=1S/C30H29Cl2N3O3/c31-21-5-10-24(11-6-21)38-30(36)35-16-13-25-26-19-22(32)7-12-27(26)33-28(25)29(35)20-3-8-23(9-4-20)37-18-17-34-14-1-2-15-34/h3-12,19,29,33H,1-2,13-18H2. The van der Waals surface area contributed by atoms with Gasteiger partial charge in [0.2, 0.25) is 0 Å². The quantitative estimate of drug-likeness (QED) is 0.278. The molecular weight excluding hydrogens is 521 g/mol. The summed E-state index contributed by atoms with van der Waals surface area (Å²) in [6, 6.07) is 20.4. The Bertz CT molecular complexity index is 1430. The average molecular weight is 550 g/mol. The number of hydrogen-bond donors (Lipinski definition) is 1. The smallest absolute Gasteiger partial charge is 0.416 e. The number of ether oxygens (including phenoxy) is 2. The number of fused-ring (bicyclic) bond motifs is 3. The van der Waals surface area contributed by atoms with Gasteiger partial charge in [-0.15, -0.1) is 0 Å². The Labute approximate surface area is 232 Å². The maximum Gasteiger partial charge on any atom is 0.416 e. The Hall–Kier alpha value is -3.19. The monoisotopic (exact) mass is 549 g/mol. The maximum absolute atomic E-state index is 13.5. The second-order valence-corrected chi connectivity index (χ2v) is 10.7. The highest BCUT2D eigenvalue weighted by atomic mass is 35.5. The van der Waals surface area contributed by atoms with Crippen LogP contribution in [-0.4, -0.2) is 53.7 Å². The van der Waals surface area contributed by atoms with E-state index in [-0.39, 0.29) is 6.04 Å². The lowest BCUT2D eigenvalue weighted by atomic mass is 9.92. The van der Waals surface area contributed by atoms with Crippen molar-refractivity contribution in [3.05, 3.63) is 93.6 Å². The summed E-state index contributed by atoms with van der Waals surface area (Å²) in [5, 5.41) is 2.37. The fourth-order valence-corrected chi connectivity index (χ4v) is 5.81. The van der Waals surface area contributed by atoms with Gasteiger partial charge in [-0.1, -0.05) is 35.3 Å². The van der Waals surface area contributed by atoms with Crippen molar-refractivity contribution in [2.45, 2.75) is 25.3 Å². The van der Waals surface area contributed by atoms with E-state index in [9.17, 15) is 4.79 Å². The number of hydrogen-bond acceptors (Lipinski definition) is 4. The van der Waals surface area contributed by atoms with Crippen molar-refractivity contribution < 1.29 is 14.3 Å². The van der Waals surface area contributed by atoms with Crippen molar-refractivity contribution in [2.75, 3.05) is 32.8 Å². The van der Waals surface area contributed by atoms with Gasteiger partial charge in [0.1, 0.15) is 24.1 Å². The number of nitrogens with zero attached hydrogens (tertiary/aromatic N) is 2. The number of nitrogens with one attached hydrogen (secondary N) is 1. The van der Waals surface area contributed by atoms with Gasteiger partial charge in [-0.25, -0.2) is 4.79 Å². The van der Waals surface area contributed by atoms with E-state index in [0.717, 1.165) is 47.5 Å². The van der Waals surface area contributed by atoms with E-state index in [4.69, 9.17) is 32.7 Å². The molecule has 6 nitrogen and oxygen atoms in total. The van der Waals surface area contributed by atoms with Crippen molar-refractivity contribution in [1.82, 2.24) is 14.8 Å². The van der Waals surface area contributed by atoms with Crippen LogP contribution in [0.15, 0.2) is 66.7 Å². The second kappa shape index (κ2) is 10.9. The number of carbonyl (C=O) groups excluding carboxylic acids is 1. The largest absolute Gasteiger partial charge is 0.492 e. The van der Waals surface area contributed by atoms with Crippen LogP contribution in [0, 0.1) is 0 Å². The van der Waals surface area contributed by atoms with Gasteiger partial charge in [0.05, 0.1) is 0 Å². The minimum Gasteiger partial charge on any atom is -0.492 e. The summed E-state index contributed by atoms with van der Waals surface area (Å²) in [5.41, 5.74) is 4.13. The summed E-state index contributed by atoms with van der Waals surface area (Å²) in [4.78, 5) is 21.2. The fraction of sp³-hybridized carbons (Fsp3) is 0.300. The number of likely N-dealkylation sites (tertiary alicyclic amines) is 1. The lowest BCUT2D eigenvalue weighted by Crippen LogP contribution is -2.42. The van der Waals surface area contributed by atoms with Gasteiger partial charge >= 0.3 is 6.09 Å². The van der Waals surface area contributed by atoms with Gasteiger partial charge in [0, 0.05) is 39.7 Å². The molecule has 1 atom stereocenters. The number of H-pyrrole nitrogens is 1. The fourth-order valence-electron chi connectivity index (χ4n) is 5.51. The molecule has 1 aromatic heterocycles. The highest BCUT2D eigenvalue weighted by Crippen LogP contribution is 2.40. The average Bonchev–Trinajstić information content (AvgIpc) is 3.57. The summed E-state index contributed by atoms with van der Waals surface area (Å²) in [5.74, 6) is 1.27. The number of benzene rings is 3. The molecule has 2 aliphatic heterocycles. The Morgan fingerprint density at radius 2 is 1.61 bits per heavy atom. The predicted octanol–water partition coefficient (Wildman–Crippen LogP) is 7.10. The van der Waals surface area contributed by atoms with Crippen LogP contribution in [0.25, 0.3) is 10.9 Å². The Kier molecular flexibility index (Phi) is 7.20. The minimum atomic E-state index is -0.411. The number of aromatic amines is 1. The minimum absolute atomic E-state index is 0.344. The van der Waals surface area contributed by atoms with E-state index >= 15 is 0 Å². The van der Waals surface area contributed by atoms with Crippen LogP contribution >= 0.6 is 23.2 Å². The molecule has 1 fully saturated rings. The molecule has 2 aliphatic rings. The van der Waals surface area contributed by atoms with Crippen LogP contribution in [0.4, 0.5) is 4.79 Å². The third kappa shape index (κ3) is 5.21. The normalized spacial score (nSPS) is 17.5. The van der Waals surface area contributed by atoms with Crippen LogP contribution in [0.1, 0.15) is 35.7 Å². The van der Waals surface area contributed by atoms with E-state index in [2.05, 4.69) is 9.88 Å². The number of carbonyl (C=O) groups is 1. The van der Waals surface area contributed by atoms with Crippen molar-refractivity contribution in [3.63, 3.8) is 0 Å². The lowest BCUT2D eigenvalue weighted by molar-refractivity contribution is 0.135. The lowest BCUT2D eigenvalue weighted by Gasteiger charge is -2.35. The van der Waals surface area contributed by atoms with E-state index in [0.29, 0.717) is 35.4 Å². The third-order valence-corrected chi connectivity index (χ3v) is 7.90. The predicted molar refractivity (Wildman–Crippen MR) is 151 cm³/mol. The number of aromatic nitrogens is 1. The first-order chi connectivity index (χ1) is 18.5. The SMILES string of the molecule is O=C(Oc1ccc(Cl)cc1)N1CCc2c([nH]c3ccc(Cl)cc23)C1c1ccc(OCCN2CCCC2)cc1. The summed E-state index contributed by atoms with van der Waals surface area (Å²) in [7, 11) is 0. The van der Waals surface area contributed by atoms with Crippen molar-refractivity contribution in [2.24, 2.45) is 0 Å². The molecule has 4 aromatic rings. The first-order valence-electron chi connectivity index (χ1n) is 13.0. The summed E-state index contributed by atoms with van der Waals surface area (Å²) < 4.78 is 11.8. The summed E-state index contributed by atoms with van der Waals surface area (Å²) >= 11 is 12.3. The zero-order chi connectivity index (χ0) is 26.1. The Morgan fingerprint density at radius 3 is 2.37 bits per heavy atom. The zero-order valence-electron chi connectivity index (χ0n) is 21.0. The van der Waals surface area contributed by atoms with Gasteiger partial charge in [0.15, 0.2) is 0 Å². The first kappa shape index (κ1) is 25.1. The second-order valence-electron chi connectivity index (χ2n) is 9.84. The van der Waals surface area contributed by atoms with E-state index < -0.39 is 6.09 Å². The molecule has 6 rings (SSSR count). The summed E-state index contributed by atoms with van der Waals surface area (Å²) in [6.07, 6.45) is 2.83. The molecule has 0 saturated carbocycles. The van der Waals surface area contributed by atoms with Gasteiger partial charge < -0.3 is 14.5 Å². The van der Waals surface area contributed by atoms with Crippen molar-refractivity contribution >= 4 is 40.2 Å². The molecule has 196 valence electrons. The number of rotatable bonds is 6. The van der Waals surface area contributed by atoms with Gasteiger partial charge in [-0.2, -0.15) is 0 Å². The number of amides is 1. The Morgan fingerprint density at radius 1 is 0.895 bits per heavy atom. The van der Waals surface area contributed by atoms with Crippen LogP contribution < -0.4 is 9.47 Å². The van der Waals surface area contributed by atoms with Crippen LogP contribution in [0.2, 0.25) is 10.0 Å². The third-order valence-electron chi connectivity index (χ3n) is 7.41. The molecule has 8 heteroatoms. The Balaban J connectivity index is 1.28. The van der Waals surface area contributed by atoms with Crippen molar-refractivity contribution in [1.29, 1.82) is 0 Å². The van der Waals surface area contributed by atoms with Crippen LogP contribution in [0.3, 0.4) is 0 Å².